The molecule has 1 saturated heterocycles. The highest BCUT2D eigenvalue weighted by atomic mass is 15.2. The molecule has 4 rings (SSSR count). The second-order valence-electron chi connectivity index (χ2n) is 7.21. The van der Waals surface area contributed by atoms with Gasteiger partial charge in [0.05, 0.1) is 38.8 Å². The molecule has 1 aromatic heterocycles. The highest BCUT2D eigenvalue weighted by Gasteiger charge is 2.16. The summed E-state index contributed by atoms with van der Waals surface area (Å²) in [7, 11) is 2.24. The van der Waals surface area contributed by atoms with E-state index in [1.54, 1.807) is 11.1 Å². The van der Waals surface area contributed by atoms with E-state index >= 15 is 0 Å². The normalized spacial score (nSPS) is 14.5. The van der Waals surface area contributed by atoms with E-state index in [4.69, 9.17) is 0 Å². The van der Waals surface area contributed by atoms with E-state index in [0.717, 1.165) is 29.9 Å². The highest BCUT2D eigenvalue weighted by molar-refractivity contribution is 5.71. The average Bonchev–Trinajstić information content (AvgIpc) is 2.76. The summed E-state index contributed by atoms with van der Waals surface area (Å²) in [4.78, 5) is 8.50. The smallest absolute Gasteiger partial charge is 0.148 e. The minimum Gasteiger partial charge on any atom is -0.360 e. The molecule has 1 aliphatic heterocycles. The van der Waals surface area contributed by atoms with Crippen LogP contribution in [0.5, 0.6) is 0 Å². The zero-order valence-electron chi connectivity index (χ0n) is 16.0. The zero-order valence-corrected chi connectivity index (χ0v) is 16.0. The number of nitrogens with one attached hydrogen (secondary N) is 2. The van der Waals surface area contributed by atoms with Gasteiger partial charge < -0.3 is 15.1 Å². The molecule has 2 heterocycles. The number of rotatable bonds is 4. The van der Waals surface area contributed by atoms with Gasteiger partial charge in [-0.1, -0.05) is 30.3 Å². The Hall–Kier alpha value is -3.36. The molecule has 0 atom stereocenters. The maximum absolute atomic E-state index is 9.56. The number of aromatic nitrogens is 1. The van der Waals surface area contributed by atoms with E-state index in [0.29, 0.717) is 11.4 Å². The van der Waals surface area contributed by atoms with Crippen LogP contribution in [0.3, 0.4) is 0 Å². The molecule has 0 bridgehead atoms. The molecule has 3 aromatic rings. The van der Waals surface area contributed by atoms with Crippen LogP contribution in [0.4, 0.5) is 17.2 Å². The van der Waals surface area contributed by atoms with Gasteiger partial charge in [-0.3, -0.25) is 0 Å². The van der Waals surface area contributed by atoms with Gasteiger partial charge in [0.25, 0.3) is 0 Å². The van der Waals surface area contributed by atoms with Gasteiger partial charge in [-0.05, 0) is 35.9 Å². The summed E-state index contributed by atoms with van der Waals surface area (Å²) in [6.07, 6.45) is 1.81. The van der Waals surface area contributed by atoms with Crippen molar-refractivity contribution in [2.45, 2.75) is 0 Å². The van der Waals surface area contributed by atoms with Gasteiger partial charge in [-0.15, -0.1) is 0 Å². The van der Waals surface area contributed by atoms with Crippen LogP contribution in [0, 0.1) is 11.3 Å². The number of hydrogen-bond donors (Lipinski definition) is 2. The lowest BCUT2D eigenvalue weighted by molar-refractivity contribution is -0.880. The predicted molar refractivity (Wildman–Crippen MR) is 113 cm³/mol. The maximum atomic E-state index is 9.56. The van der Waals surface area contributed by atoms with Gasteiger partial charge in [0.1, 0.15) is 11.9 Å². The van der Waals surface area contributed by atoms with Crippen LogP contribution in [-0.2, 0) is 0 Å². The Kier molecular flexibility index (Phi) is 5.22. The van der Waals surface area contributed by atoms with E-state index in [9.17, 15) is 5.26 Å². The number of anilines is 3. The van der Waals surface area contributed by atoms with Crippen LogP contribution in [0.15, 0.2) is 66.9 Å². The largest absolute Gasteiger partial charge is 0.360 e. The van der Waals surface area contributed by atoms with Crippen LogP contribution in [0.2, 0.25) is 0 Å². The second kappa shape index (κ2) is 8.12. The van der Waals surface area contributed by atoms with Crippen LogP contribution in [0.25, 0.3) is 11.1 Å². The molecule has 0 spiro atoms. The van der Waals surface area contributed by atoms with Crippen molar-refractivity contribution in [3.8, 4) is 17.2 Å². The SMILES string of the molecule is C[NH+]1CCN(c2ccc(Nc3ncc(-c4ccccc4)cc3C#N)cc2)CC1. The molecule has 0 radical (unpaired) electrons. The minimum absolute atomic E-state index is 0.535. The maximum Gasteiger partial charge on any atom is 0.148 e. The summed E-state index contributed by atoms with van der Waals surface area (Å²) in [5, 5.41) is 12.8. The molecule has 5 nitrogen and oxygen atoms in total. The molecule has 1 aliphatic rings. The zero-order chi connectivity index (χ0) is 19.3. The van der Waals surface area contributed by atoms with Gasteiger partial charge in [-0.2, -0.15) is 5.26 Å². The molecular weight excluding hydrogens is 346 g/mol. The van der Waals surface area contributed by atoms with Crippen LogP contribution < -0.4 is 15.1 Å². The Bertz CT molecular complexity index is 968. The second-order valence-corrected chi connectivity index (χ2v) is 7.21. The number of pyridine rings is 1. The Balaban J connectivity index is 1.50. The molecule has 28 heavy (non-hydrogen) atoms. The van der Waals surface area contributed by atoms with Crippen molar-refractivity contribution < 1.29 is 4.90 Å². The summed E-state index contributed by atoms with van der Waals surface area (Å²) in [6, 6.07) is 22.5. The number of piperazine rings is 1. The van der Waals surface area contributed by atoms with Crippen molar-refractivity contribution in [3.63, 3.8) is 0 Å². The van der Waals surface area contributed by atoms with Crippen molar-refractivity contribution in [2.24, 2.45) is 0 Å². The number of benzene rings is 2. The van der Waals surface area contributed by atoms with Gasteiger partial charge in [-0.25, -0.2) is 4.98 Å². The van der Waals surface area contributed by atoms with Crippen LogP contribution in [-0.4, -0.2) is 38.2 Å². The minimum atomic E-state index is 0.535. The van der Waals surface area contributed by atoms with Crippen LogP contribution in [0.1, 0.15) is 5.56 Å². The van der Waals surface area contributed by atoms with Gasteiger partial charge >= 0.3 is 0 Å². The summed E-state index contributed by atoms with van der Waals surface area (Å²) in [6.45, 7) is 4.51. The third-order valence-electron chi connectivity index (χ3n) is 5.23. The molecule has 2 N–H and O–H groups in total. The molecule has 140 valence electrons. The van der Waals surface area contributed by atoms with E-state index in [-0.39, 0.29) is 0 Å². The number of nitrogens with zero attached hydrogens (tertiary/aromatic N) is 3. The Labute approximate surface area is 165 Å². The average molecular weight is 370 g/mol. The van der Waals surface area contributed by atoms with E-state index < -0.39 is 0 Å². The fourth-order valence-electron chi connectivity index (χ4n) is 3.48. The third-order valence-corrected chi connectivity index (χ3v) is 5.23. The van der Waals surface area contributed by atoms with Crippen molar-refractivity contribution in [1.29, 1.82) is 5.26 Å². The predicted octanol–water partition coefficient (Wildman–Crippen LogP) is 2.70. The first-order valence-corrected chi connectivity index (χ1v) is 9.62. The van der Waals surface area contributed by atoms with Crippen LogP contribution >= 0.6 is 0 Å². The molecule has 2 aromatic carbocycles. The standard InChI is InChI=1S/C23H23N5/c1-27-11-13-28(14-12-27)22-9-7-21(8-10-22)26-23-19(16-24)15-20(17-25-23)18-5-3-2-4-6-18/h2-10,15,17H,11-14H2,1H3,(H,25,26)/p+1. The van der Waals surface area contributed by atoms with Gasteiger partial charge in [0, 0.05) is 23.1 Å². The Morgan fingerprint density at radius 3 is 2.39 bits per heavy atom. The lowest BCUT2D eigenvalue weighted by Gasteiger charge is -2.31. The van der Waals surface area contributed by atoms with Crippen molar-refractivity contribution in [2.75, 3.05) is 43.4 Å². The molecule has 0 unspecified atom stereocenters. The molecule has 0 aliphatic carbocycles. The third kappa shape index (κ3) is 3.98. The van der Waals surface area contributed by atoms with Gasteiger partial charge in [0.2, 0.25) is 0 Å². The molecule has 0 saturated carbocycles. The number of hydrogen-bond acceptors (Lipinski definition) is 4. The van der Waals surface area contributed by atoms with E-state index in [1.165, 1.54) is 18.8 Å². The van der Waals surface area contributed by atoms with Gasteiger partial charge in [0.15, 0.2) is 0 Å². The van der Waals surface area contributed by atoms with E-state index in [2.05, 4.69) is 52.6 Å². The monoisotopic (exact) mass is 370 g/mol. The summed E-state index contributed by atoms with van der Waals surface area (Å²) in [5.41, 5.74) is 4.70. The highest BCUT2D eigenvalue weighted by Crippen LogP contribution is 2.26. The quantitative estimate of drug-likeness (QED) is 0.741. The lowest BCUT2D eigenvalue weighted by Crippen LogP contribution is -3.12. The summed E-state index contributed by atoms with van der Waals surface area (Å²) >= 11 is 0. The first-order chi connectivity index (χ1) is 13.7. The number of quaternary nitrogens is 1. The fourth-order valence-corrected chi connectivity index (χ4v) is 3.48. The Morgan fingerprint density at radius 2 is 1.71 bits per heavy atom. The summed E-state index contributed by atoms with van der Waals surface area (Å²) < 4.78 is 0. The molecule has 5 heteroatoms. The molecular formula is C23H24N5+. The molecule has 1 fully saturated rings. The fraction of sp³-hybridized carbons (Fsp3) is 0.217. The first-order valence-electron chi connectivity index (χ1n) is 9.62. The van der Waals surface area contributed by atoms with Crippen molar-refractivity contribution in [1.82, 2.24) is 4.98 Å². The topological polar surface area (TPSA) is 56.4 Å². The first kappa shape index (κ1) is 18.0. The van der Waals surface area contributed by atoms with E-state index in [1.807, 2.05) is 36.4 Å². The lowest BCUT2D eigenvalue weighted by atomic mass is 10.1. The summed E-state index contributed by atoms with van der Waals surface area (Å²) in [5.74, 6) is 0.582. The van der Waals surface area contributed by atoms with Crippen molar-refractivity contribution >= 4 is 17.2 Å². The number of nitriles is 1. The molecule has 0 amide bonds. The van der Waals surface area contributed by atoms with Crippen molar-refractivity contribution in [3.05, 3.63) is 72.4 Å². The Morgan fingerprint density at radius 1 is 1.00 bits per heavy atom. The number of likely N-dealkylation sites (N-methyl/N-ethyl adjacent to an activating group) is 1.